The first-order chi connectivity index (χ1) is 14.1. The van der Waals surface area contributed by atoms with Crippen LogP contribution in [0.15, 0.2) is 53.7 Å². The van der Waals surface area contributed by atoms with Crippen LogP contribution in [0, 0.1) is 0 Å². The zero-order valence-electron chi connectivity index (χ0n) is 18.2. The lowest BCUT2D eigenvalue weighted by atomic mass is 10.0. The van der Waals surface area contributed by atoms with Gasteiger partial charge in [-0.1, -0.05) is 36.4 Å². The summed E-state index contributed by atoms with van der Waals surface area (Å²) < 4.78 is 5.59. The molecule has 0 amide bonds. The Balaban J connectivity index is 0.00000320. The number of nitrogens with one attached hydrogen (secondary N) is 2. The third-order valence-corrected chi connectivity index (χ3v) is 5.02. The number of hydrogen-bond acceptors (Lipinski definition) is 4. The highest BCUT2D eigenvalue weighted by atomic mass is 127. The topological polar surface area (TPSA) is 61.8 Å². The van der Waals surface area contributed by atoms with Crippen LogP contribution >= 0.6 is 24.0 Å². The zero-order chi connectivity index (χ0) is 20.5. The van der Waals surface area contributed by atoms with Gasteiger partial charge in [0.1, 0.15) is 0 Å². The fourth-order valence-corrected chi connectivity index (χ4v) is 3.48. The lowest BCUT2D eigenvalue weighted by molar-refractivity contribution is 0.198. The van der Waals surface area contributed by atoms with E-state index in [1.54, 1.807) is 0 Å². The Hall–Kier alpha value is -1.87. The lowest BCUT2D eigenvalue weighted by Gasteiger charge is -2.33. The molecule has 0 aliphatic carbocycles. The number of likely N-dealkylation sites (tertiary alicyclic amines) is 1. The van der Waals surface area contributed by atoms with Crippen LogP contribution in [0.1, 0.15) is 37.8 Å². The smallest absolute Gasteiger partial charge is 0.213 e. The molecule has 1 fully saturated rings. The molecule has 2 N–H and O–H groups in total. The van der Waals surface area contributed by atoms with Crippen molar-refractivity contribution in [1.82, 2.24) is 20.5 Å². The predicted octanol–water partition coefficient (Wildman–Crippen LogP) is 3.82. The van der Waals surface area contributed by atoms with Crippen LogP contribution in [0.5, 0.6) is 5.88 Å². The van der Waals surface area contributed by atoms with Crippen molar-refractivity contribution in [3.63, 3.8) is 0 Å². The van der Waals surface area contributed by atoms with Crippen molar-refractivity contribution in [3.8, 4) is 5.88 Å². The molecule has 1 aromatic heterocycles. The van der Waals surface area contributed by atoms with E-state index in [0.717, 1.165) is 44.0 Å². The van der Waals surface area contributed by atoms with Gasteiger partial charge in [0, 0.05) is 51.5 Å². The Labute approximate surface area is 197 Å². The van der Waals surface area contributed by atoms with Gasteiger partial charge in [-0.3, -0.25) is 9.89 Å². The van der Waals surface area contributed by atoms with E-state index in [1.165, 1.54) is 5.56 Å². The molecule has 0 radical (unpaired) electrons. The van der Waals surface area contributed by atoms with Crippen LogP contribution in [0.25, 0.3) is 0 Å². The number of nitrogens with zero attached hydrogens (tertiary/aromatic N) is 3. The van der Waals surface area contributed by atoms with E-state index >= 15 is 0 Å². The van der Waals surface area contributed by atoms with Gasteiger partial charge in [-0.05, 0) is 37.8 Å². The van der Waals surface area contributed by atoms with Gasteiger partial charge < -0.3 is 15.4 Å². The summed E-state index contributed by atoms with van der Waals surface area (Å²) in [5.41, 5.74) is 2.48. The predicted molar refractivity (Wildman–Crippen MR) is 133 cm³/mol. The standard InChI is InChI=1S/C23H33N5O.HI/c1-18(2)29-22-10-9-20(15-25-22)16-26-23(24-3)27-21-11-13-28(14-12-21)17-19-7-5-4-6-8-19;/h4-10,15,18,21H,11-14,16-17H2,1-3H3,(H2,24,26,27);1H. The molecular weight excluding hydrogens is 489 g/mol. The molecular formula is C23H34IN5O. The molecule has 2 heterocycles. The van der Waals surface area contributed by atoms with Crippen molar-refractivity contribution < 1.29 is 4.74 Å². The number of aromatic nitrogens is 1. The molecule has 0 saturated carbocycles. The molecule has 30 heavy (non-hydrogen) atoms. The summed E-state index contributed by atoms with van der Waals surface area (Å²) in [5.74, 6) is 1.50. The van der Waals surface area contributed by atoms with Crippen LogP contribution in [0.2, 0.25) is 0 Å². The van der Waals surface area contributed by atoms with Gasteiger partial charge >= 0.3 is 0 Å². The molecule has 0 unspecified atom stereocenters. The largest absolute Gasteiger partial charge is 0.475 e. The summed E-state index contributed by atoms with van der Waals surface area (Å²) in [5, 5.41) is 6.95. The Morgan fingerprint density at radius 2 is 1.87 bits per heavy atom. The second kappa shape index (κ2) is 12.7. The highest BCUT2D eigenvalue weighted by Crippen LogP contribution is 2.14. The van der Waals surface area contributed by atoms with Crippen molar-refractivity contribution in [2.24, 2.45) is 4.99 Å². The number of aliphatic imine (C=N–C) groups is 1. The van der Waals surface area contributed by atoms with Gasteiger partial charge in [-0.15, -0.1) is 24.0 Å². The van der Waals surface area contributed by atoms with E-state index in [9.17, 15) is 0 Å². The summed E-state index contributed by atoms with van der Waals surface area (Å²) in [7, 11) is 1.82. The molecule has 1 aromatic carbocycles. The first kappa shape index (κ1) is 24.4. The van der Waals surface area contributed by atoms with Crippen LogP contribution < -0.4 is 15.4 Å². The molecule has 1 saturated heterocycles. The molecule has 2 aromatic rings. The maximum Gasteiger partial charge on any atom is 0.213 e. The quantitative estimate of drug-likeness (QED) is 0.329. The van der Waals surface area contributed by atoms with E-state index in [-0.39, 0.29) is 30.1 Å². The number of guanidine groups is 1. The average molecular weight is 523 g/mol. The third kappa shape index (κ3) is 8.10. The summed E-state index contributed by atoms with van der Waals surface area (Å²) in [6, 6.07) is 15.1. The number of hydrogen-bond donors (Lipinski definition) is 2. The van der Waals surface area contributed by atoms with Crippen molar-refractivity contribution >= 4 is 29.9 Å². The lowest BCUT2D eigenvalue weighted by Crippen LogP contribution is -2.48. The van der Waals surface area contributed by atoms with Gasteiger partial charge in [0.15, 0.2) is 5.96 Å². The minimum Gasteiger partial charge on any atom is -0.475 e. The Morgan fingerprint density at radius 3 is 2.47 bits per heavy atom. The third-order valence-electron chi connectivity index (χ3n) is 5.02. The Kier molecular flexibility index (Phi) is 10.4. The van der Waals surface area contributed by atoms with Crippen LogP contribution in [0.3, 0.4) is 0 Å². The molecule has 0 spiro atoms. The normalized spacial score (nSPS) is 15.5. The van der Waals surface area contributed by atoms with E-state index in [0.29, 0.717) is 18.5 Å². The maximum absolute atomic E-state index is 5.59. The van der Waals surface area contributed by atoms with Gasteiger partial charge in [-0.2, -0.15) is 0 Å². The van der Waals surface area contributed by atoms with Crippen LogP contribution in [0.4, 0.5) is 0 Å². The van der Waals surface area contributed by atoms with Crippen molar-refractivity contribution in [2.75, 3.05) is 20.1 Å². The molecule has 0 bridgehead atoms. The first-order valence-corrected chi connectivity index (χ1v) is 10.5. The van der Waals surface area contributed by atoms with Crippen molar-refractivity contribution in [1.29, 1.82) is 0 Å². The number of ether oxygens (including phenoxy) is 1. The molecule has 1 aliphatic heterocycles. The minimum absolute atomic E-state index is 0. The van der Waals surface area contributed by atoms with Gasteiger partial charge in [0.25, 0.3) is 0 Å². The summed E-state index contributed by atoms with van der Waals surface area (Å²) in [6.07, 6.45) is 4.22. The molecule has 1 aliphatic rings. The first-order valence-electron chi connectivity index (χ1n) is 10.5. The van der Waals surface area contributed by atoms with Gasteiger partial charge in [0.2, 0.25) is 5.88 Å². The van der Waals surface area contributed by atoms with E-state index < -0.39 is 0 Å². The number of rotatable bonds is 7. The zero-order valence-corrected chi connectivity index (χ0v) is 20.5. The number of benzene rings is 1. The highest BCUT2D eigenvalue weighted by molar-refractivity contribution is 14.0. The molecule has 3 rings (SSSR count). The van der Waals surface area contributed by atoms with Crippen LogP contribution in [-0.4, -0.2) is 48.1 Å². The van der Waals surface area contributed by atoms with Crippen molar-refractivity contribution in [2.45, 2.75) is 51.9 Å². The summed E-state index contributed by atoms with van der Waals surface area (Å²) in [6.45, 7) is 7.92. The number of halogens is 1. The monoisotopic (exact) mass is 523 g/mol. The molecule has 7 heteroatoms. The average Bonchev–Trinajstić information content (AvgIpc) is 2.74. The van der Waals surface area contributed by atoms with E-state index in [2.05, 4.69) is 55.8 Å². The second-order valence-corrected chi connectivity index (χ2v) is 7.78. The minimum atomic E-state index is 0. The van der Waals surface area contributed by atoms with E-state index in [1.807, 2.05) is 39.2 Å². The summed E-state index contributed by atoms with van der Waals surface area (Å²) in [4.78, 5) is 11.3. The van der Waals surface area contributed by atoms with E-state index in [4.69, 9.17) is 4.74 Å². The molecule has 0 atom stereocenters. The number of piperidine rings is 1. The molecule has 164 valence electrons. The SMILES string of the molecule is CN=C(NCc1ccc(OC(C)C)nc1)NC1CCN(Cc2ccccc2)CC1.I. The Bertz CT molecular complexity index is 759. The maximum atomic E-state index is 5.59. The number of pyridine rings is 1. The Morgan fingerprint density at radius 1 is 1.13 bits per heavy atom. The highest BCUT2D eigenvalue weighted by Gasteiger charge is 2.20. The van der Waals surface area contributed by atoms with Gasteiger partial charge in [-0.25, -0.2) is 4.98 Å². The fourth-order valence-electron chi connectivity index (χ4n) is 3.48. The summed E-state index contributed by atoms with van der Waals surface area (Å²) >= 11 is 0. The molecule has 6 nitrogen and oxygen atoms in total. The fraction of sp³-hybridized carbons (Fsp3) is 0.478. The van der Waals surface area contributed by atoms with Crippen molar-refractivity contribution in [3.05, 3.63) is 59.8 Å². The second-order valence-electron chi connectivity index (χ2n) is 7.78. The van der Waals surface area contributed by atoms with Crippen LogP contribution in [-0.2, 0) is 13.1 Å². The van der Waals surface area contributed by atoms with Gasteiger partial charge in [0.05, 0.1) is 6.10 Å².